The summed E-state index contributed by atoms with van der Waals surface area (Å²) in [6, 6.07) is 10.1. The Hall–Kier alpha value is -3.35. The van der Waals surface area contributed by atoms with Crippen LogP contribution in [0.15, 0.2) is 61.1 Å². The SMILES string of the molecule is O=[N+]([O-])c1ccc(Oc2ccncc2-c2ccccn2)c(F)c1. The molecule has 3 rings (SSSR count). The number of nitro groups is 1. The Labute approximate surface area is 130 Å². The van der Waals surface area contributed by atoms with Crippen molar-refractivity contribution in [3.05, 3.63) is 77.0 Å². The maximum absolute atomic E-state index is 14.0. The fraction of sp³-hybridized carbons (Fsp3) is 0. The van der Waals surface area contributed by atoms with Crippen molar-refractivity contribution in [2.45, 2.75) is 0 Å². The van der Waals surface area contributed by atoms with Crippen LogP contribution in [0, 0.1) is 15.9 Å². The first-order valence-electron chi connectivity index (χ1n) is 6.62. The molecule has 0 aliphatic heterocycles. The van der Waals surface area contributed by atoms with Crippen LogP contribution in [0.1, 0.15) is 0 Å². The van der Waals surface area contributed by atoms with E-state index in [1.165, 1.54) is 18.3 Å². The number of nitro benzene ring substituents is 1. The molecule has 7 heteroatoms. The van der Waals surface area contributed by atoms with Crippen LogP contribution in [-0.4, -0.2) is 14.9 Å². The van der Waals surface area contributed by atoms with Gasteiger partial charge in [0, 0.05) is 24.7 Å². The van der Waals surface area contributed by atoms with Crippen molar-refractivity contribution in [2.24, 2.45) is 0 Å². The number of rotatable bonds is 4. The third-order valence-electron chi connectivity index (χ3n) is 3.07. The second kappa shape index (κ2) is 6.18. The molecule has 0 N–H and O–H groups in total. The van der Waals surface area contributed by atoms with Gasteiger partial charge in [0.1, 0.15) is 5.75 Å². The van der Waals surface area contributed by atoms with Gasteiger partial charge in [-0.3, -0.25) is 20.1 Å². The smallest absolute Gasteiger partial charge is 0.272 e. The fourth-order valence-electron chi connectivity index (χ4n) is 1.99. The number of pyridine rings is 2. The number of nitrogens with zero attached hydrogens (tertiary/aromatic N) is 3. The molecule has 0 atom stereocenters. The molecule has 1 aromatic carbocycles. The molecule has 2 aromatic heterocycles. The first-order chi connectivity index (χ1) is 11.1. The van der Waals surface area contributed by atoms with Gasteiger partial charge in [-0.15, -0.1) is 0 Å². The summed E-state index contributed by atoms with van der Waals surface area (Å²) in [7, 11) is 0. The average molecular weight is 311 g/mol. The minimum Gasteiger partial charge on any atom is -0.453 e. The Morgan fingerprint density at radius 1 is 1.09 bits per heavy atom. The summed E-state index contributed by atoms with van der Waals surface area (Å²) in [5, 5.41) is 10.6. The van der Waals surface area contributed by atoms with Crippen molar-refractivity contribution in [1.82, 2.24) is 9.97 Å². The van der Waals surface area contributed by atoms with Crippen LogP contribution in [0.25, 0.3) is 11.3 Å². The molecule has 0 saturated carbocycles. The van der Waals surface area contributed by atoms with Gasteiger partial charge >= 0.3 is 0 Å². The van der Waals surface area contributed by atoms with Crippen LogP contribution < -0.4 is 4.74 Å². The van der Waals surface area contributed by atoms with E-state index in [0.717, 1.165) is 6.07 Å². The van der Waals surface area contributed by atoms with Crippen LogP contribution in [0.4, 0.5) is 10.1 Å². The van der Waals surface area contributed by atoms with Crippen LogP contribution in [-0.2, 0) is 0 Å². The van der Waals surface area contributed by atoms with E-state index in [4.69, 9.17) is 4.74 Å². The molecule has 0 spiro atoms. The highest BCUT2D eigenvalue weighted by Gasteiger charge is 2.14. The van der Waals surface area contributed by atoms with Gasteiger partial charge in [0.15, 0.2) is 11.6 Å². The molecule has 2 heterocycles. The molecule has 0 aliphatic rings. The van der Waals surface area contributed by atoms with Gasteiger partial charge in [0.05, 0.1) is 22.2 Å². The Morgan fingerprint density at radius 3 is 2.65 bits per heavy atom. The van der Waals surface area contributed by atoms with Crippen LogP contribution in [0.2, 0.25) is 0 Å². The van der Waals surface area contributed by atoms with Crippen molar-refractivity contribution in [2.75, 3.05) is 0 Å². The summed E-state index contributed by atoms with van der Waals surface area (Å²) in [4.78, 5) is 18.2. The quantitative estimate of drug-likeness (QED) is 0.538. The van der Waals surface area contributed by atoms with E-state index in [2.05, 4.69) is 9.97 Å². The minimum absolute atomic E-state index is 0.112. The first-order valence-corrected chi connectivity index (χ1v) is 6.62. The van der Waals surface area contributed by atoms with Gasteiger partial charge in [0.2, 0.25) is 0 Å². The Balaban J connectivity index is 1.97. The van der Waals surface area contributed by atoms with Crippen molar-refractivity contribution >= 4 is 5.69 Å². The van der Waals surface area contributed by atoms with Crippen molar-refractivity contribution in [3.8, 4) is 22.8 Å². The first kappa shape index (κ1) is 14.6. The molecule has 0 unspecified atom stereocenters. The lowest BCUT2D eigenvalue weighted by Crippen LogP contribution is -1.94. The maximum atomic E-state index is 14.0. The second-order valence-electron chi connectivity index (χ2n) is 4.56. The normalized spacial score (nSPS) is 10.3. The standard InChI is InChI=1S/C16H10FN3O3/c17-13-9-11(20(21)22)4-5-16(13)23-15-6-8-18-10-12(15)14-3-1-2-7-19-14/h1-10H. The molecule has 0 fully saturated rings. The molecule has 0 amide bonds. The molecule has 6 nitrogen and oxygen atoms in total. The lowest BCUT2D eigenvalue weighted by Gasteiger charge is -2.10. The highest BCUT2D eigenvalue weighted by molar-refractivity contribution is 5.66. The molecule has 114 valence electrons. The zero-order valence-electron chi connectivity index (χ0n) is 11.7. The summed E-state index contributed by atoms with van der Waals surface area (Å²) < 4.78 is 19.5. The van der Waals surface area contributed by atoms with E-state index in [1.807, 2.05) is 6.07 Å². The number of halogens is 1. The van der Waals surface area contributed by atoms with Gasteiger partial charge in [0.25, 0.3) is 5.69 Å². The van der Waals surface area contributed by atoms with E-state index in [-0.39, 0.29) is 11.4 Å². The van der Waals surface area contributed by atoms with E-state index in [0.29, 0.717) is 17.0 Å². The summed E-state index contributed by atoms with van der Waals surface area (Å²) in [5.41, 5.74) is 0.873. The predicted molar refractivity (Wildman–Crippen MR) is 80.6 cm³/mol. The van der Waals surface area contributed by atoms with Crippen molar-refractivity contribution < 1.29 is 14.1 Å². The van der Waals surface area contributed by atoms with E-state index >= 15 is 0 Å². The second-order valence-corrected chi connectivity index (χ2v) is 4.56. The zero-order chi connectivity index (χ0) is 16.2. The third kappa shape index (κ3) is 3.13. The van der Waals surface area contributed by atoms with Crippen LogP contribution in [0.3, 0.4) is 0 Å². The van der Waals surface area contributed by atoms with Gasteiger partial charge in [-0.2, -0.15) is 0 Å². The molecule has 0 saturated heterocycles. The molecule has 23 heavy (non-hydrogen) atoms. The number of ether oxygens (including phenoxy) is 1. The maximum Gasteiger partial charge on any atom is 0.272 e. The monoisotopic (exact) mass is 311 g/mol. The number of non-ortho nitro benzene ring substituents is 1. The largest absolute Gasteiger partial charge is 0.453 e. The van der Waals surface area contributed by atoms with E-state index in [9.17, 15) is 14.5 Å². The Morgan fingerprint density at radius 2 is 1.96 bits per heavy atom. The lowest BCUT2D eigenvalue weighted by atomic mass is 10.1. The predicted octanol–water partition coefficient (Wildman–Crippen LogP) is 3.98. The average Bonchev–Trinajstić information content (AvgIpc) is 2.58. The summed E-state index contributed by atoms with van der Waals surface area (Å²) >= 11 is 0. The van der Waals surface area contributed by atoms with Crippen molar-refractivity contribution in [3.63, 3.8) is 0 Å². The summed E-state index contributed by atoms with van der Waals surface area (Å²) in [6.45, 7) is 0. The zero-order valence-corrected chi connectivity index (χ0v) is 11.7. The van der Waals surface area contributed by atoms with Gasteiger partial charge < -0.3 is 4.74 Å². The molecular weight excluding hydrogens is 301 g/mol. The van der Waals surface area contributed by atoms with Gasteiger partial charge in [-0.1, -0.05) is 6.07 Å². The minimum atomic E-state index is -0.817. The molecule has 0 radical (unpaired) electrons. The highest BCUT2D eigenvalue weighted by atomic mass is 19.1. The summed E-state index contributed by atoms with van der Waals surface area (Å²) in [6.07, 6.45) is 4.69. The lowest BCUT2D eigenvalue weighted by molar-refractivity contribution is -0.385. The van der Waals surface area contributed by atoms with Crippen LogP contribution >= 0.6 is 0 Å². The van der Waals surface area contributed by atoms with Crippen molar-refractivity contribution in [1.29, 1.82) is 0 Å². The van der Waals surface area contributed by atoms with E-state index < -0.39 is 10.7 Å². The highest BCUT2D eigenvalue weighted by Crippen LogP contribution is 2.33. The molecular formula is C16H10FN3O3. The topological polar surface area (TPSA) is 78.2 Å². The molecule has 0 aliphatic carbocycles. The van der Waals surface area contributed by atoms with Gasteiger partial charge in [-0.25, -0.2) is 4.39 Å². The molecule has 3 aromatic rings. The summed E-state index contributed by atoms with van der Waals surface area (Å²) in [5.74, 6) is -0.576. The number of benzene rings is 1. The number of hydrogen-bond acceptors (Lipinski definition) is 5. The Kier molecular flexibility index (Phi) is 3.92. The third-order valence-corrected chi connectivity index (χ3v) is 3.07. The van der Waals surface area contributed by atoms with E-state index in [1.54, 1.807) is 30.6 Å². The Bertz CT molecular complexity index is 856. The number of aromatic nitrogens is 2. The van der Waals surface area contributed by atoms with Gasteiger partial charge in [-0.05, 0) is 24.3 Å². The molecule has 0 bridgehead atoms. The fourth-order valence-corrected chi connectivity index (χ4v) is 1.99. The van der Waals surface area contributed by atoms with Crippen LogP contribution in [0.5, 0.6) is 11.5 Å². The number of hydrogen-bond donors (Lipinski definition) is 0.